The zero-order valence-corrected chi connectivity index (χ0v) is 44.8. The van der Waals surface area contributed by atoms with Crippen LogP contribution in [0.5, 0.6) is 0 Å². The number of hydrogen-bond acceptors (Lipinski definition) is 13. The van der Waals surface area contributed by atoms with Crippen molar-refractivity contribution in [2.45, 2.75) is 177 Å². The maximum atomic E-state index is 16.8. The Morgan fingerprint density at radius 1 is 0.921 bits per heavy atom. The predicted molar refractivity (Wildman–Crippen MR) is 274 cm³/mol. The van der Waals surface area contributed by atoms with Crippen molar-refractivity contribution >= 4 is 17.7 Å². The second-order valence-corrected chi connectivity index (χ2v) is 29.3. The van der Waals surface area contributed by atoms with E-state index in [1.54, 1.807) is 6.26 Å². The number of aliphatic hydroxyl groups excluding tert-OH is 3. The molecule has 17 rings (SSSR count). The zero-order valence-electron chi connectivity index (χ0n) is 44.8. The van der Waals surface area contributed by atoms with E-state index in [0.717, 1.165) is 83.0 Å². The number of hydrogen-bond donors (Lipinski definition) is 4. The molecule has 76 heavy (non-hydrogen) atoms. The molecule has 16 aliphatic rings. The van der Waals surface area contributed by atoms with E-state index in [4.69, 9.17) is 23.4 Å². The Hall–Kier alpha value is -3.33. The molecule has 13 nitrogen and oxygen atoms in total. The monoisotopic (exact) mass is 1040 g/mol. The highest BCUT2D eigenvalue weighted by Gasteiger charge is 2.98. The van der Waals surface area contributed by atoms with E-state index in [9.17, 15) is 20.1 Å². The molecule has 1 aromatic heterocycles. The smallest absolute Gasteiger partial charge is 0.339 e. The number of cyclic esters (lactones) is 2. The molecule has 0 aromatic carbocycles. The van der Waals surface area contributed by atoms with Crippen LogP contribution in [0, 0.1) is 104 Å². The van der Waals surface area contributed by atoms with Gasteiger partial charge in [-0.2, -0.15) is 0 Å². The number of allylic oxidation sites excluding steroid dienone is 3. The molecular formula is C63H80N2O11. The predicted octanol–water partition coefficient (Wildman–Crippen LogP) is 7.53. The lowest BCUT2D eigenvalue weighted by Crippen LogP contribution is -2.80. The minimum atomic E-state index is -1.49. The third-order valence-electron chi connectivity index (χ3n) is 27.6. The van der Waals surface area contributed by atoms with E-state index in [1.807, 2.05) is 6.07 Å². The van der Waals surface area contributed by atoms with E-state index in [1.165, 1.54) is 31.3 Å². The minimum absolute atomic E-state index is 0.0536. The summed E-state index contributed by atoms with van der Waals surface area (Å²) in [7, 11) is 0. The number of furan rings is 1. The molecule has 408 valence electrons. The quantitative estimate of drug-likeness (QED) is 0.125. The summed E-state index contributed by atoms with van der Waals surface area (Å²) in [6, 6.07) is 2.40. The summed E-state index contributed by atoms with van der Waals surface area (Å²) in [6.45, 7) is 8.32. The molecule has 0 radical (unpaired) electrons. The Labute approximate surface area is 446 Å². The first kappa shape index (κ1) is 47.5. The molecule has 8 saturated carbocycles. The van der Waals surface area contributed by atoms with Gasteiger partial charge < -0.3 is 43.6 Å². The van der Waals surface area contributed by atoms with Crippen LogP contribution in [0.2, 0.25) is 0 Å². The molecule has 9 aliphatic carbocycles. The van der Waals surface area contributed by atoms with Gasteiger partial charge in [-0.25, -0.2) is 4.79 Å². The average Bonchev–Trinajstić information content (AvgIpc) is 2.72. The van der Waals surface area contributed by atoms with Gasteiger partial charge >= 0.3 is 11.9 Å². The Morgan fingerprint density at radius 3 is 2.66 bits per heavy atom. The molecule has 13 fully saturated rings. The van der Waals surface area contributed by atoms with Crippen molar-refractivity contribution in [3.63, 3.8) is 0 Å². The molecule has 26 atom stereocenters. The molecule has 6 spiro atoms. The van der Waals surface area contributed by atoms with Crippen molar-refractivity contribution in [3.8, 4) is 0 Å². The van der Waals surface area contributed by atoms with Crippen LogP contribution in [0.4, 0.5) is 0 Å². The normalized spacial score (nSPS) is 56.6. The van der Waals surface area contributed by atoms with Gasteiger partial charge in [0.1, 0.15) is 35.8 Å². The van der Waals surface area contributed by atoms with Crippen LogP contribution in [-0.2, 0) is 39.8 Å². The summed E-state index contributed by atoms with van der Waals surface area (Å²) >= 11 is 0. The SMILES string of the molecule is C[C@@H]1[C@H]2CCCC[C@H]2C=C[C@]12CCC[C@]13O[C@]45C(=C[C@@H]21)C[C@H]1CCC[C@]12C[C@@H]1C[C@@]6(C)[C@H](c7ccoc7C[C@@H]([C@@H]7CC[C@H]8[C@H](C=CN9CNC[C@H]89)C7)[C@H](O)CO)OC(=O)[C@H]7O[C@]76[C@]6(C)[C@H](O)C(=O)[C@H]3[C@@]4(COC(=O)[C@H]25)[C@@H]16. The van der Waals surface area contributed by atoms with Crippen molar-refractivity contribution in [1.29, 1.82) is 0 Å². The highest BCUT2D eigenvalue weighted by molar-refractivity contribution is 5.94. The van der Waals surface area contributed by atoms with E-state index < -0.39 is 80.7 Å². The minimum Gasteiger partial charge on any atom is -0.469 e. The highest BCUT2D eigenvalue weighted by atomic mass is 16.7. The molecule has 5 bridgehead atoms. The molecular weight excluding hydrogens is 961 g/mol. The molecule has 13 heteroatoms. The average molecular weight is 1040 g/mol. The fraction of sp³-hybridized carbons (Fsp3) is 0.794. The number of nitrogens with zero attached hydrogens (tertiary/aromatic N) is 1. The van der Waals surface area contributed by atoms with Gasteiger partial charge in [0, 0.05) is 46.7 Å². The lowest BCUT2D eigenvalue weighted by Gasteiger charge is -2.70. The third-order valence-corrected chi connectivity index (χ3v) is 27.6. The summed E-state index contributed by atoms with van der Waals surface area (Å²) in [5, 5.41) is 39.8. The summed E-state index contributed by atoms with van der Waals surface area (Å²) in [4.78, 5) is 49.6. The molecule has 1 aromatic rings. The van der Waals surface area contributed by atoms with Gasteiger partial charge in [0.05, 0.1) is 48.5 Å². The van der Waals surface area contributed by atoms with Crippen molar-refractivity contribution in [2.75, 3.05) is 26.4 Å². The van der Waals surface area contributed by atoms with E-state index in [2.05, 4.69) is 61.5 Å². The molecule has 0 unspecified atom stereocenters. The number of carbonyl (C=O) groups is 3. The molecule has 8 heterocycles. The third kappa shape index (κ3) is 5.05. The number of rotatable bonds is 6. The number of ketones is 1. The van der Waals surface area contributed by atoms with Crippen molar-refractivity contribution in [2.24, 2.45) is 104 Å². The fourth-order valence-corrected chi connectivity index (χ4v) is 25.3. The van der Waals surface area contributed by atoms with Crippen LogP contribution in [0.3, 0.4) is 0 Å². The molecule has 4 N–H and O–H groups in total. The van der Waals surface area contributed by atoms with Gasteiger partial charge in [-0.1, -0.05) is 64.3 Å². The number of esters is 2. The first-order valence-corrected chi connectivity index (χ1v) is 30.6. The summed E-state index contributed by atoms with van der Waals surface area (Å²) in [5.41, 5.74) is -5.32. The van der Waals surface area contributed by atoms with Crippen molar-refractivity contribution in [3.05, 3.63) is 59.7 Å². The van der Waals surface area contributed by atoms with Crippen LogP contribution in [0.15, 0.2) is 52.8 Å². The van der Waals surface area contributed by atoms with Crippen LogP contribution in [0.1, 0.15) is 141 Å². The first-order chi connectivity index (χ1) is 36.7. The standard InChI is InChI=1S/C63H80N2O11/c1-32-39-10-5-4-8-33(39)13-19-58(32)17-7-18-61-46(58)24-38-23-37-9-6-16-59(37)27-36-26-56(2)52(41-15-21-72-45(41)25-42(44(67)29-66)34-11-12-40-35(22-34)14-20-65-31-64-28-43(40)65)74-55(71)53-63(56,75-53)57(3)48(36)60(49(61)47(68)51(57)69)30-73-54(70)50(59)62(38,60)76-61/h13-15,19-21,24,32-37,39-40,42-44,46,48-53,64,66-67,69H,4-12,16-18,22-23,25-31H2,1-3H3/t32-,33+,34-,35-,36+,37-,39-,40+,42+,43-,44-,46+,48+,49+,50-,51-,52+,53-,56+,57+,58-,59+,60-,61+,62+,63-/m1/s1. The topological polar surface area (TPSA) is 181 Å². The number of carbonyl (C=O) groups excluding carboxylic acids is 3. The molecule has 7 aliphatic heterocycles. The fourth-order valence-electron chi connectivity index (χ4n) is 25.3. The van der Waals surface area contributed by atoms with Crippen molar-refractivity contribution < 1.29 is 53.1 Å². The lowest BCUT2D eigenvalue weighted by atomic mass is 9.32. The van der Waals surface area contributed by atoms with Crippen molar-refractivity contribution in [1.82, 2.24) is 10.2 Å². The number of nitrogens with one attached hydrogen (secondary N) is 1. The molecule has 0 amide bonds. The summed E-state index contributed by atoms with van der Waals surface area (Å²) in [5.74, 6) is 0.316. The van der Waals surface area contributed by atoms with Gasteiger partial charge in [-0.05, 0) is 166 Å². The maximum absolute atomic E-state index is 16.8. The highest BCUT2D eigenvalue weighted by Crippen LogP contribution is 2.90. The van der Waals surface area contributed by atoms with Crippen LogP contribution in [0.25, 0.3) is 0 Å². The van der Waals surface area contributed by atoms with Gasteiger partial charge in [0.15, 0.2) is 11.9 Å². The number of epoxide rings is 1. The number of fused-ring (bicyclic) bond motifs is 5. The van der Waals surface area contributed by atoms with E-state index in [0.29, 0.717) is 60.7 Å². The molecule has 5 saturated heterocycles. The Kier molecular flexibility index (Phi) is 9.47. The summed E-state index contributed by atoms with van der Waals surface area (Å²) < 4.78 is 35.7. The Bertz CT molecular complexity index is 2830. The largest absolute Gasteiger partial charge is 0.469 e. The Morgan fingerprint density at radius 2 is 1.79 bits per heavy atom. The van der Waals surface area contributed by atoms with Gasteiger partial charge in [-0.3, -0.25) is 14.9 Å². The number of Topliss-reactive ketones (excluding diaryl/α,β-unsaturated/α-hetero) is 1. The van der Waals surface area contributed by atoms with E-state index in [-0.39, 0.29) is 65.9 Å². The maximum Gasteiger partial charge on any atom is 0.339 e. The van der Waals surface area contributed by atoms with Crippen LogP contribution >= 0.6 is 0 Å². The van der Waals surface area contributed by atoms with Gasteiger partial charge in [-0.15, -0.1) is 0 Å². The second kappa shape index (κ2) is 15.2. The lowest BCUT2D eigenvalue weighted by molar-refractivity contribution is -0.281. The number of ether oxygens (including phenoxy) is 4. The second-order valence-electron chi connectivity index (χ2n) is 29.3. The van der Waals surface area contributed by atoms with Gasteiger partial charge in [0.2, 0.25) is 0 Å². The zero-order chi connectivity index (χ0) is 51.5. The number of aliphatic hydroxyl groups is 3. The van der Waals surface area contributed by atoms with E-state index >= 15 is 9.59 Å². The first-order valence-electron chi connectivity index (χ1n) is 30.6. The van der Waals surface area contributed by atoms with Crippen LogP contribution < -0.4 is 5.32 Å². The van der Waals surface area contributed by atoms with Gasteiger partial charge in [0.25, 0.3) is 0 Å². The summed E-state index contributed by atoms with van der Waals surface area (Å²) in [6.07, 6.45) is 25.6. The Balaban J connectivity index is 0.809. The van der Waals surface area contributed by atoms with Crippen LogP contribution in [-0.4, -0.2) is 106 Å².